The first-order chi connectivity index (χ1) is 11.4. The summed E-state index contributed by atoms with van der Waals surface area (Å²) in [7, 11) is -3.74. The molecule has 3 atom stereocenters. The van der Waals surface area contributed by atoms with E-state index in [1.165, 1.54) is 49.2 Å². The van der Waals surface area contributed by atoms with Crippen LogP contribution in [0.4, 0.5) is 5.13 Å². The molecule has 2 saturated carbocycles. The van der Waals surface area contributed by atoms with Crippen molar-refractivity contribution < 1.29 is 13.2 Å². The van der Waals surface area contributed by atoms with Crippen molar-refractivity contribution in [2.75, 3.05) is 5.32 Å². The summed E-state index contributed by atoms with van der Waals surface area (Å²) in [6, 6.07) is 4.53. The zero-order valence-electron chi connectivity index (χ0n) is 13.1. The highest BCUT2D eigenvalue weighted by molar-refractivity contribution is 7.89. The predicted octanol–water partition coefficient (Wildman–Crippen LogP) is 2.71. The molecule has 8 heteroatoms. The molecule has 2 fully saturated rings. The molecule has 3 N–H and O–H groups in total. The Bertz CT molecular complexity index is 906. The van der Waals surface area contributed by atoms with Gasteiger partial charge in [-0.3, -0.25) is 4.79 Å². The zero-order chi connectivity index (χ0) is 16.9. The van der Waals surface area contributed by atoms with Gasteiger partial charge in [0.1, 0.15) is 0 Å². The van der Waals surface area contributed by atoms with E-state index in [0.717, 1.165) is 5.92 Å². The van der Waals surface area contributed by atoms with Crippen molar-refractivity contribution in [2.45, 2.75) is 37.0 Å². The minimum Gasteiger partial charge on any atom is -0.302 e. The number of nitrogens with two attached hydrogens (primary N) is 1. The number of benzene rings is 1. The lowest BCUT2D eigenvalue weighted by molar-refractivity contribution is -0.117. The predicted molar refractivity (Wildman–Crippen MR) is 93.2 cm³/mol. The maximum atomic E-state index is 12.3. The van der Waals surface area contributed by atoms with Gasteiger partial charge in [0.15, 0.2) is 5.13 Å². The maximum Gasteiger partial charge on any atom is 0.238 e. The van der Waals surface area contributed by atoms with Gasteiger partial charge in [-0.1, -0.05) is 17.8 Å². The summed E-state index contributed by atoms with van der Waals surface area (Å²) >= 11 is 1.27. The minimum atomic E-state index is -3.74. The molecule has 1 aromatic heterocycles. The third-order valence-electron chi connectivity index (χ3n) is 5.27. The van der Waals surface area contributed by atoms with E-state index >= 15 is 0 Å². The molecule has 128 valence electrons. The monoisotopic (exact) mass is 365 g/mol. The van der Waals surface area contributed by atoms with Gasteiger partial charge in [-0.05, 0) is 55.2 Å². The summed E-state index contributed by atoms with van der Waals surface area (Å²) in [5.74, 6) is 2.05. The molecule has 6 nitrogen and oxygen atoms in total. The number of primary sulfonamides is 1. The topological polar surface area (TPSA) is 102 Å². The number of amides is 1. The van der Waals surface area contributed by atoms with E-state index < -0.39 is 10.0 Å². The quantitative estimate of drug-likeness (QED) is 0.869. The highest BCUT2D eigenvalue weighted by atomic mass is 32.2. The second-order valence-electron chi connectivity index (χ2n) is 6.88. The van der Waals surface area contributed by atoms with Gasteiger partial charge < -0.3 is 5.32 Å². The normalized spacial score (nSPS) is 26.1. The summed E-state index contributed by atoms with van der Waals surface area (Å²) in [6.07, 6.45) is 5.61. The number of nitrogens with one attached hydrogen (secondary N) is 1. The van der Waals surface area contributed by atoms with E-state index in [4.69, 9.17) is 5.14 Å². The molecular weight excluding hydrogens is 346 g/mol. The van der Waals surface area contributed by atoms with Crippen molar-refractivity contribution in [3.8, 4) is 0 Å². The van der Waals surface area contributed by atoms with Crippen LogP contribution in [-0.2, 0) is 14.8 Å². The molecule has 3 unspecified atom stereocenters. The Morgan fingerprint density at radius 1 is 1.33 bits per heavy atom. The van der Waals surface area contributed by atoms with Crippen molar-refractivity contribution in [3.05, 3.63) is 18.2 Å². The van der Waals surface area contributed by atoms with Crippen LogP contribution in [-0.4, -0.2) is 19.3 Å². The van der Waals surface area contributed by atoms with Crippen LogP contribution in [0.2, 0.25) is 0 Å². The summed E-state index contributed by atoms with van der Waals surface area (Å²) in [5.41, 5.74) is 0.655. The first-order valence-corrected chi connectivity index (χ1v) is 10.5. The number of nitrogens with zero attached hydrogens (tertiary/aromatic N) is 1. The Morgan fingerprint density at radius 2 is 2.17 bits per heavy atom. The summed E-state index contributed by atoms with van der Waals surface area (Å²) in [4.78, 5) is 16.7. The van der Waals surface area contributed by atoms with Crippen LogP contribution < -0.4 is 10.5 Å². The smallest absolute Gasteiger partial charge is 0.238 e. The van der Waals surface area contributed by atoms with Crippen molar-refractivity contribution in [3.63, 3.8) is 0 Å². The van der Waals surface area contributed by atoms with Gasteiger partial charge in [-0.15, -0.1) is 0 Å². The van der Waals surface area contributed by atoms with Crippen LogP contribution in [0, 0.1) is 17.8 Å². The Kier molecular flexibility index (Phi) is 3.85. The lowest BCUT2D eigenvalue weighted by Crippen LogP contribution is -2.20. The highest BCUT2D eigenvalue weighted by Gasteiger charge is 2.40. The second-order valence-corrected chi connectivity index (χ2v) is 9.47. The van der Waals surface area contributed by atoms with E-state index in [-0.39, 0.29) is 10.8 Å². The molecule has 0 spiro atoms. The summed E-state index contributed by atoms with van der Waals surface area (Å²) < 4.78 is 23.5. The van der Waals surface area contributed by atoms with Gasteiger partial charge in [0, 0.05) is 6.42 Å². The number of carbonyl (C=O) groups is 1. The average Bonchev–Trinajstić information content (AvgIpc) is 3.18. The number of fused-ring (bicyclic) bond motifs is 3. The van der Waals surface area contributed by atoms with E-state index in [2.05, 4.69) is 10.3 Å². The number of anilines is 1. The number of sulfonamides is 1. The van der Waals surface area contributed by atoms with Gasteiger partial charge >= 0.3 is 0 Å². The Balaban J connectivity index is 1.47. The van der Waals surface area contributed by atoms with Gasteiger partial charge in [-0.2, -0.15) is 0 Å². The first-order valence-electron chi connectivity index (χ1n) is 8.12. The molecule has 1 amide bonds. The van der Waals surface area contributed by atoms with Crippen molar-refractivity contribution in [1.82, 2.24) is 4.98 Å². The SMILES string of the molecule is NS(=O)(=O)c1ccc2nc(NC(=O)CC3CC4CCC3C4)sc2c1. The molecule has 0 aliphatic heterocycles. The van der Waals surface area contributed by atoms with Crippen LogP contribution in [0.1, 0.15) is 32.1 Å². The third-order valence-corrected chi connectivity index (χ3v) is 7.11. The van der Waals surface area contributed by atoms with Gasteiger partial charge in [0.25, 0.3) is 0 Å². The Morgan fingerprint density at radius 3 is 2.83 bits per heavy atom. The zero-order valence-corrected chi connectivity index (χ0v) is 14.7. The molecule has 2 aliphatic rings. The lowest BCUT2D eigenvalue weighted by Gasteiger charge is -2.20. The largest absolute Gasteiger partial charge is 0.302 e. The third kappa shape index (κ3) is 3.05. The van der Waals surface area contributed by atoms with Gasteiger partial charge in [0.2, 0.25) is 15.9 Å². The lowest BCUT2D eigenvalue weighted by atomic mass is 9.86. The molecular formula is C16H19N3O3S2. The summed E-state index contributed by atoms with van der Waals surface area (Å²) in [5, 5.41) is 8.51. The second kappa shape index (κ2) is 5.79. The molecule has 2 aliphatic carbocycles. The van der Waals surface area contributed by atoms with Gasteiger partial charge in [-0.25, -0.2) is 18.5 Å². The molecule has 2 bridgehead atoms. The van der Waals surface area contributed by atoms with Crippen molar-refractivity contribution in [1.29, 1.82) is 0 Å². The summed E-state index contributed by atoms with van der Waals surface area (Å²) in [6.45, 7) is 0. The van der Waals surface area contributed by atoms with Crippen LogP contribution >= 0.6 is 11.3 Å². The fourth-order valence-electron chi connectivity index (χ4n) is 4.17. The Labute approximate surface area is 144 Å². The number of carbonyl (C=O) groups excluding carboxylic acids is 1. The van der Waals surface area contributed by atoms with Crippen LogP contribution in [0.25, 0.3) is 10.2 Å². The number of thiazole rings is 1. The fourth-order valence-corrected chi connectivity index (χ4v) is 5.71. The molecule has 2 aromatic rings. The van der Waals surface area contributed by atoms with E-state index in [1.54, 1.807) is 6.07 Å². The van der Waals surface area contributed by atoms with Crippen LogP contribution in [0.15, 0.2) is 23.1 Å². The standard InChI is InChI=1S/C16H19N3O3S2/c17-24(21,22)12-3-4-13-14(8-12)23-16(18-13)19-15(20)7-11-6-9-1-2-10(11)5-9/h3-4,8-11H,1-2,5-7H2,(H2,17,21,22)(H,18,19,20). The maximum absolute atomic E-state index is 12.3. The first kappa shape index (κ1) is 16.0. The molecule has 24 heavy (non-hydrogen) atoms. The minimum absolute atomic E-state index is 0.00160. The van der Waals surface area contributed by atoms with E-state index in [0.29, 0.717) is 33.6 Å². The molecule has 0 radical (unpaired) electrons. The van der Waals surface area contributed by atoms with E-state index in [9.17, 15) is 13.2 Å². The fraction of sp³-hybridized carbons (Fsp3) is 0.500. The van der Waals surface area contributed by atoms with E-state index in [1.807, 2.05) is 0 Å². The molecule has 1 aromatic carbocycles. The van der Waals surface area contributed by atoms with Crippen LogP contribution in [0.5, 0.6) is 0 Å². The van der Waals surface area contributed by atoms with Crippen molar-refractivity contribution >= 4 is 42.6 Å². The molecule has 4 rings (SSSR count). The molecule has 0 saturated heterocycles. The average molecular weight is 365 g/mol. The number of rotatable bonds is 4. The number of hydrogen-bond acceptors (Lipinski definition) is 5. The van der Waals surface area contributed by atoms with Crippen LogP contribution in [0.3, 0.4) is 0 Å². The number of aromatic nitrogens is 1. The highest BCUT2D eigenvalue weighted by Crippen LogP contribution is 2.49. The number of hydrogen-bond donors (Lipinski definition) is 2. The Hall–Kier alpha value is -1.51. The van der Waals surface area contributed by atoms with Gasteiger partial charge in [0.05, 0.1) is 15.1 Å². The molecule has 1 heterocycles. The van der Waals surface area contributed by atoms with Crippen molar-refractivity contribution in [2.24, 2.45) is 22.9 Å².